The van der Waals surface area contributed by atoms with Gasteiger partial charge in [0.15, 0.2) is 6.61 Å². The normalized spacial score (nSPS) is 15.8. The van der Waals surface area contributed by atoms with Crippen LogP contribution in [-0.4, -0.2) is 66.9 Å². The molecule has 0 aromatic heterocycles. The van der Waals surface area contributed by atoms with Crippen molar-refractivity contribution in [3.05, 3.63) is 53.6 Å². The fourth-order valence-corrected chi connectivity index (χ4v) is 3.52. The number of fused-ring (bicyclic) bond motifs is 1. The number of anilines is 1. The molecule has 0 spiro atoms. The number of halogens is 2. The number of hydrogen-bond donors (Lipinski definition) is 1. The van der Waals surface area contributed by atoms with Crippen molar-refractivity contribution in [1.29, 1.82) is 0 Å². The highest BCUT2D eigenvalue weighted by molar-refractivity contribution is 5.99. The summed E-state index contributed by atoms with van der Waals surface area (Å²) < 4.78 is 35.0. The highest BCUT2D eigenvalue weighted by Crippen LogP contribution is 2.29. The molecule has 10 heteroatoms. The lowest BCUT2D eigenvalue weighted by Crippen LogP contribution is -2.50. The number of piperazine rings is 1. The molecule has 0 unspecified atom stereocenters. The molecule has 4 rings (SSSR count). The number of para-hydroxylation sites is 1. The molecule has 1 N–H and O–H groups in total. The van der Waals surface area contributed by atoms with E-state index in [1.807, 2.05) is 0 Å². The Kier molecular flexibility index (Phi) is 5.70. The Morgan fingerprint density at radius 3 is 2.39 bits per heavy atom. The maximum absolute atomic E-state index is 12.8. The molecular weight excluding hydrogens is 412 g/mol. The molecule has 3 amide bonds. The van der Waals surface area contributed by atoms with Crippen molar-refractivity contribution in [2.75, 3.05) is 38.1 Å². The Bertz CT molecular complexity index is 1020. The van der Waals surface area contributed by atoms with Crippen LogP contribution in [0.25, 0.3) is 0 Å². The Morgan fingerprint density at radius 2 is 1.68 bits per heavy atom. The predicted molar refractivity (Wildman–Crippen MR) is 105 cm³/mol. The molecule has 0 bridgehead atoms. The van der Waals surface area contributed by atoms with E-state index in [-0.39, 0.29) is 55.9 Å². The standard InChI is InChI=1S/C21H19F2N3O5/c22-21(23)31-16-4-2-1-3-14(16)20(29)26-9-7-25(8-10-26)19(28)13-5-6-15-17(11-13)30-12-18(27)24-15/h1-6,11,21H,7-10,12H2,(H,24,27). The Labute approximate surface area is 176 Å². The quantitative estimate of drug-likeness (QED) is 0.802. The molecule has 0 saturated carbocycles. The lowest BCUT2D eigenvalue weighted by molar-refractivity contribution is -0.118. The minimum atomic E-state index is -3.03. The molecule has 1 saturated heterocycles. The zero-order valence-electron chi connectivity index (χ0n) is 16.3. The highest BCUT2D eigenvalue weighted by atomic mass is 19.3. The number of benzene rings is 2. The number of amides is 3. The number of ether oxygens (including phenoxy) is 2. The zero-order chi connectivity index (χ0) is 22.0. The molecule has 31 heavy (non-hydrogen) atoms. The van der Waals surface area contributed by atoms with Crippen molar-refractivity contribution < 1.29 is 32.6 Å². The fraction of sp³-hybridized carbons (Fsp3) is 0.286. The summed E-state index contributed by atoms with van der Waals surface area (Å²) in [5.74, 6) is -0.664. The van der Waals surface area contributed by atoms with E-state index in [4.69, 9.17) is 4.74 Å². The van der Waals surface area contributed by atoms with E-state index in [1.54, 1.807) is 29.2 Å². The zero-order valence-corrected chi connectivity index (χ0v) is 16.3. The molecule has 8 nitrogen and oxygen atoms in total. The first-order chi connectivity index (χ1) is 14.9. The summed E-state index contributed by atoms with van der Waals surface area (Å²) in [4.78, 5) is 40.1. The van der Waals surface area contributed by atoms with Gasteiger partial charge in [0.05, 0.1) is 11.3 Å². The first-order valence-corrected chi connectivity index (χ1v) is 9.61. The minimum Gasteiger partial charge on any atom is -0.482 e. The Hall–Kier alpha value is -3.69. The van der Waals surface area contributed by atoms with Crippen LogP contribution in [0.15, 0.2) is 42.5 Å². The number of carbonyl (C=O) groups excluding carboxylic acids is 3. The summed E-state index contributed by atoms with van der Waals surface area (Å²) in [6.07, 6.45) is 0. The third-order valence-electron chi connectivity index (χ3n) is 5.05. The molecular formula is C21H19F2N3O5. The highest BCUT2D eigenvalue weighted by Gasteiger charge is 2.28. The van der Waals surface area contributed by atoms with Gasteiger partial charge in [0, 0.05) is 31.7 Å². The molecule has 0 atom stereocenters. The fourth-order valence-electron chi connectivity index (χ4n) is 3.52. The van der Waals surface area contributed by atoms with Gasteiger partial charge >= 0.3 is 6.61 Å². The van der Waals surface area contributed by atoms with Crippen LogP contribution in [0.1, 0.15) is 20.7 Å². The van der Waals surface area contributed by atoms with Crippen molar-refractivity contribution in [3.63, 3.8) is 0 Å². The summed E-state index contributed by atoms with van der Waals surface area (Å²) in [5.41, 5.74) is 0.967. The molecule has 162 valence electrons. The van der Waals surface area contributed by atoms with Crippen LogP contribution in [0.4, 0.5) is 14.5 Å². The van der Waals surface area contributed by atoms with Gasteiger partial charge in [-0.25, -0.2) is 0 Å². The molecule has 2 aliphatic heterocycles. The summed E-state index contributed by atoms with van der Waals surface area (Å²) in [5, 5.41) is 2.67. The van der Waals surface area contributed by atoms with Gasteiger partial charge in [0.1, 0.15) is 11.5 Å². The largest absolute Gasteiger partial charge is 0.482 e. The van der Waals surface area contributed by atoms with E-state index < -0.39 is 12.5 Å². The van der Waals surface area contributed by atoms with Crippen LogP contribution in [0, 0.1) is 0 Å². The number of rotatable bonds is 4. The van der Waals surface area contributed by atoms with Gasteiger partial charge in [-0.1, -0.05) is 12.1 Å². The lowest BCUT2D eigenvalue weighted by atomic mass is 10.1. The number of alkyl halides is 2. The van der Waals surface area contributed by atoms with Crippen LogP contribution in [0.5, 0.6) is 11.5 Å². The topological polar surface area (TPSA) is 88.2 Å². The average Bonchev–Trinajstić information content (AvgIpc) is 2.78. The first-order valence-electron chi connectivity index (χ1n) is 9.61. The SMILES string of the molecule is O=C1COc2cc(C(=O)N3CCN(C(=O)c4ccccc4OC(F)F)CC3)ccc2N1. The second-order valence-corrected chi connectivity index (χ2v) is 7.01. The van der Waals surface area contributed by atoms with E-state index in [1.165, 1.54) is 23.1 Å². The molecule has 2 heterocycles. The maximum atomic E-state index is 12.8. The summed E-state index contributed by atoms with van der Waals surface area (Å²) in [7, 11) is 0. The van der Waals surface area contributed by atoms with Crippen molar-refractivity contribution in [2.45, 2.75) is 6.61 Å². The van der Waals surface area contributed by atoms with E-state index in [0.717, 1.165) is 0 Å². The van der Waals surface area contributed by atoms with Crippen molar-refractivity contribution in [3.8, 4) is 11.5 Å². The van der Waals surface area contributed by atoms with Crippen LogP contribution in [0.2, 0.25) is 0 Å². The van der Waals surface area contributed by atoms with Crippen molar-refractivity contribution in [1.82, 2.24) is 9.80 Å². The Balaban J connectivity index is 1.40. The molecule has 2 aromatic carbocycles. The van der Waals surface area contributed by atoms with E-state index >= 15 is 0 Å². The number of hydrogen-bond acceptors (Lipinski definition) is 5. The van der Waals surface area contributed by atoms with Crippen molar-refractivity contribution in [2.24, 2.45) is 0 Å². The van der Waals surface area contributed by atoms with Crippen LogP contribution >= 0.6 is 0 Å². The molecule has 2 aromatic rings. The second-order valence-electron chi connectivity index (χ2n) is 7.01. The first kappa shape index (κ1) is 20.6. The van der Waals surface area contributed by atoms with Gasteiger partial charge in [-0.3, -0.25) is 14.4 Å². The van der Waals surface area contributed by atoms with Gasteiger partial charge in [-0.15, -0.1) is 0 Å². The summed E-state index contributed by atoms with van der Waals surface area (Å²) in [6.45, 7) is -2.05. The van der Waals surface area contributed by atoms with E-state index in [0.29, 0.717) is 17.0 Å². The van der Waals surface area contributed by atoms with Gasteiger partial charge in [-0.05, 0) is 30.3 Å². The van der Waals surface area contributed by atoms with Crippen molar-refractivity contribution >= 4 is 23.4 Å². The number of nitrogens with one attached hydrogen (secondary N) is 1. The third-order valence-corrected chi connectivity index (χ3v) is 5.05. The van der Waals surface area contributed by atoms with Crippen LogP contribution in [0.3, 0.4) is 0 Å². The monoisotopic (exact) mass is 431 g/mol. The van der Waals surface area contributed by atoms with E-state index in [2.05, 4.69) is 10.1 Å². The van der Waals surface area contributed by atoms with Crippen LogP contribution < -0.4 is 14.8 Å². The van der Waals surface area contributed by atoms with E-state index in [9.17, 15) is 23.2 Å². The van der Waals surface area contributed by atoms with Gasteiger partial charge in [0.2, 0.25) is 0 Å². The molecule has 2 aliphatic rings. The average molecular weight is 431 g/mol. The number of carbonyl (C=O) groups is 3. The molecule has 0 aliphatic carbocycles. The Morgan fingerprint density at radius 1 is 1.00 bits per heavy atom. The summed E-state index contributed by atoms with van der Waals surface area (Å²) >= 11 is 0. The lowest BCUT2D eigenvalue weighted by Gasteiger charge is -2.35. The molecule has 1 fully saturated rings. The molecule has 0 radical (unpaired) electrons. The third kappa shape index (κ3) is 4.42. The summed E-state index contributed by atoms with van der Waals surface area (Å²) in [6, 6.07) is 10.6. The van der Waals surface area contributed by atoms with Crippen LogP contribution in [-0.2, 0) is 4.79 Å². The predicted octanol–water partition coefficient (Wildman–Crippen LogP) is 2.22. The van der Waals surface area contributed by atoms with Gasteiger partial charge in [0.25, 0.3) is 17.7 Å². The minimum absolute atomic E-state index is 0.0523. The smallest absolute Gasteiger partial charge is 0.387 e. The second kappa shape index (κ2) is 8.58. The van der Waals surface area contributed by atoms with Gasteiger partial charge < -0.3 is 24.6 Å². The number of nitrogens with zero attached hydrogens (tertiary/aromatic N) is 2. The maximum Gasteiger partial charge on any atom is 0.387 e. The van der Waals surface area contributed by atoms with Gasteiger partial charge in [-0.2, -0.15) is 8.78 Å².